The Hall–Kier alpha value is -3.10. The second kappa shape index (κ2) is 7.86. The van der Waals surface area contributed by atoms with E-state index in [1.807, 2.05) is 42.2 Å². The Kier molecular flexibility index (Phi) is 5.03. The Bertz CT molecular complexity index is 1250. The first-order chi connectivity index (χ1) is 15.0. The SMILES string of the molecule is Cc1cccc2c(-c3nc(C(=O)N4CC[C@@H](N(C)C)C4)c(-c4cccnc4)s3)[nH]nc12. The maximum atomic E-state index is 13.5. The standard InChI is InChI=1S/C23H24N6OS/c1-14-6-4-8-17-18(14)26-27-19(17)22-25-20(21(31-22)15-7-5-10-24-12-15)23(30)29-11-9-16(13-29)28(2)3/h4-8,10,12,16H,9,11,13H2,1-3H3,(H,26,27)/t16-/m1/s1. The summed E-state index contributed by atoms with van der Waals surface area (Å²) < 4.78 is 0. The molecule has 1 atom stereocenters. The highest BCUT2D eigenvalue weighted by atomic mass is 32.1. The number of likely N-dealkylation sites (N-methyl/N-ethyl adjacent to an activating group) is 1. The number of carbonyl (C=O) groups is 1. The number of hydrogen-bond donors (Lipinski definition) is 1. The van der Waals surface area contributed by atoms with Crippen LogP contribution in [0.5, 0.6) is 0 Å². The molecule has 158 valence electrons. The monoisotopic (exact) mass is 432 g/mol. The predicted molar refractivity (Wildman–Crippen MR) is 123 cm³/mol. The van der Waals surface area contributed by atoms with E-state index in [4.69, 9.17) is 4.98 Å². The summed E-state index contributed by atoms with van der Waals surface area (Å²) in [6.07, 6.45) is 4.50. The number of pyridine rings is 1. The van der Waals surface area contributed by atoms with Crippen LogP contribution in [0, 0.1) is 6.92 Å². The van der Waals surface area contributed by atoms with Crippen LogP contribution < -0.4 is 0 Å². The lowest BCUT2D eigenvalue weighted by molar-refractivity contribution is 0.0779. The molecule has 0 spiro atoms. The number of nitrogens with zero attached hydrogens (tertiary/aromatic N) is 5. The zero-order chi connectivity index (χ0) is 21.5. The number of nitrogens with one attached hydrogen (secondary N) is 1. The Morgan fingerprint density at radius 2 is 2.13 bits per heavy atom. The Morgan fingerprint density at radius 1 is 1.26 bits per heavy atom. The highest BCUT2D eigenvalue weighted by Gasteiger charge is 2.32. The van der Waals surface area contributed by atoms with E-state index in [1.165, 1.54) is 11.3 Å². The number of H-pyrrole nitrogens is 1. The molecule has 1 amide bonds. The number of hydrogen-bond acceptors (Lipinski definition) is 6. The van der Waals surface area contributed by atoms with Crippen LogP contribution in [0.1, 0.15) is 22.5 Å². The third-order valence-corrected chi connectivity index (χ3v) is 7.06. The van der Waals surface area contributed by atoms with Crippen LogP contribution in [-0.4, -0.2) is 69.1 Å². The smallest absolute Gasteiger partial charge is 0.274 e. The van der Waals surface area contributed by atoms with E-state index in [2.05, 4.69) is 34.2 Å². The largest absolute Gasteiger partial charge is 0.336 e. The zero-order valence-corrected chi connectivity index (χ0v) is 18.6. The van der Waals surface area contributed by atoms with E-state index in [9.17, 15) is 4.79 Å². The summed E-state index contributed by atoms with van der Waals surface area (Å²) in [5.74, 6) is -0.0225. The van der Waals surface area contributed by atoms with Crippen LogP contribution in [0.2, 0.25) is 0 Å². The zero-order valence-electron chi connectivity index (χ0n) is 17.8. The van der Waals surface area contributed by atoms with Crippen molar-refractivity contribution < 1.29 is 4.79 Å². The molecule has 4 heterocycles. The fourth-order valence-electron chi connectivity index (χ4n) is 4.11. The van der Waals surface area contributed by atoms with Crippen molar-refractivity contribution in [2.24, 2.45) is 0 Å². The predicted octanol–water partition coefficient (Wildman–Crippen LogP) is 3.83. The minimum Gasteiger partial charge on any atom is -0.336 e. The van der Waals surface area contributed by atoms with E-state index in [0.717, 1.165) is 57.1 Å². The number of thiazole rings is 1. The summed E-state index contributed by atoms with van der Waals surface area (Å²) in [4.78, 5) is 27.5. The quantitative estimate of drug-likeness (QED) is 0.530. The average Bonchev–Trinajstić information content (AvgIpc) is 3.51. The van der Waals surface area contributed by atoms with Gasteiger partial charge >= 0.3 is 0 Å². The van der Waals surface area contributed by atoms with Gasteiger partial charge in [-0.1, -0.05) is 24.3 Å². The molecular weight excluding hydrogens is 408 g/mol. The van der Waals surface area contributed by atoms with Crippen molar-refractivity contribution in [3.05, 3.63) is 54.0 Å². The van der Waals surface area contributed by atoms with Gasteiger partial charge in [-0.15, -0.1) is 11.3 Å². The molecule has 1 aliphatic rings. The van der Waals surface area contributed by atoms with E-state index in [-0.39, 0.29) is 5.91 Å². The molecule has 0 radical (unpaired) electrons. The summed E-state index contributed by atoms with van der Waals surface area (Å²) in [6.45, 7) is 3.50. The Balaban J connectivity index is 1.60. The maximum absolute atomic E-state index is 13.5. The van der Waals surface area contributed by atoms with Crippen molar-refractivity contribution in [1.82, 2.24) is 30.0 Å². The second-order valence-electron chi connectivity index (χ2n) is 8.17. The molecular formula is C23H24N6OS. The van der Waals surface area contributed by atoms with E-state index in [0.29, 0.717) is 11.7 Å². The van der Waals surface area contributed by atoms with Gasteiger partial charge in [0.25, 0.3) is 5.91 Å². The molecule has 1 saturated heterocycles. The third kappa shape index (κ3) is 3.51. The summed E-state index contributed by atoms with van der Waals surface area (Å²) in [7, 11) is 4.12. The molecule has 7 nitrogen and oxygen atoms in total. The minimum absolute atomic E-state index is 0.0225. The number of aromatic nitrogens is 4. The first-order valence-electron chi connectivity index (χ1n) is 10.3. The molecule has 1 aromatic carbocycles. The van der Waals surface area contributed by atoms with Gasteiger partial charge in [0.1, 0.15) is 16.4 Å². The molecule has 31 heavy (non-hydrogen) atoms. The Morgan fingerprint density at radius 3 is 2.87 bits per heavy atom. The molecule has 0 unspecified atom stereocenters. The fourth-order valence-corrected chi connectivity index (χ4v) is 5.16. The van der Waals surface area contributed by atoms with Crippen LogP contribution in [-0.2, 0) is 0 Å². The third-order valence-electron chi connectivity index (χ3n) is 5.93. The van der Waals surface area contributed by atoms with Gasteiger partial charge in [-0.25, -0.2) is 4.98 Å². The number of benzene rings is 1. The van der Waals surface area contributed by atoms with E-state index >= 15 is 0 Å². The van der Waals surface area contributed by atoms with E-state index < -0.39 is 0 Å². The van der Waals surface area contributed by atoms with Gasteiger partial charge in [0.15, 0.2) is 0 Å². The second-order valence-corrected chi connectivity index (χ2v) is 9.16. The van der Waals surface area contributed by atoms with Crippen molar-refractivity contribution in [3.63, 3.8) is 0 Å². The molecule has 5 rings (SSSR count). The number of aryl methyl sites for hydroxylation is 1. The maximum Gasteiger partial charge on any atom is 0.274 e. The lowest BCUT2D eigenvalue weighted by Crippen LogP contribution is -2.34. The molecule has 4 aromatic rings. The molecule has 0 saturated carbocycles. The number of carbonyl (C=O) groups excluding carboxylic acids is 1. The van der Waals surface area contributed by atoms with Gasteiger partial charge in [-0.2, -0.15) is 5.10 Å². The molecule has 3 aromatic heterocycles. The van der Waals surface area contributed by atoms with Crippen molar-refractivity contribution in [1.29, 1.82) is 0 Å². The normalized spacial score (nSPS) is 16.5. The van der Waals surface area contributed by atoms with Gasteiger partial charge in [-0.3, -0.25) is 14.9 Å². The van der Waals surface area contributed by atoms with Gasteiger partial charge in [-0.05, 0) is 39.1 Å². The lowest BCUT2D eigenvalue weighted by Gasteiger charge is -2.20. The first kappa shape index (κ1) is 19.8. The first-order valence-corrected chi connectivity index (χ1v) is 11.2. The summed E-state index contributed by atoms with van der Waals surface area (Å²) in [6, 6.07) is 10.3. The number of aromatic amines is 1. The van der Waals surface area contributed by atoms with Crippen LogP contribution in [0.15, 0.2) is 42.7 Å². The summed E-state index contributed by atoms with van der Waals surface area (Å²) >= 11 is 1.50. The van der Waals surface area contributed by atoms with Crippen molar-refractivity contribution in [2.75, 3.05) is 27.2 Å². The van der Waals surface area contributed by atoms with Crippen LogP contribution in [0.25, 0.3) is 32.0 Å². The molecule has 1 N–H and O–H groups in total. The minimum atomic E-state index is -0.0225. The Labute approximate surface area is 184 Å². The number of fused-ring (bicyclic) bond motifs is 1. The van der Waals surface area contributed by atoms with Crippen molar-refractivity contribution in [2.45, 2.75) is 19.4 Å². The number of rotatable bonds is 4. The van der Waals surface area contributed by atoms with Crippen LogP contribution in [0.3, 0.4) is 0 Å². The molecule has 8 heteroatoms. The van der Waals surface area contributed by atoms with Gasteiger partial charge in [0.05, 0.1) is 10.4 Å². The summed E-state index contributed by atoms with van der Waals surface area (Å²) in [5.41, 5.74) is 4.27. The molecule has 0 bridgehead atoms. The highest BCUT2D eigenvalue weighted by molar-refractivity contribution is 7.18. The van der Waals surface area contributed by atoms with Gasteiger partial charge in [0, 0.05) is 42.5 Å². The lowest BCUT2D eigenvalue weighted by atomic mass is 10.1. The average molecular weight is 433 g/mol. The topological polar surface area (TPSA) is 78.0 Å². The van der Waals surface area contributed by atoms with Crippen molar-refractivity contribution in [3.8, 4) is 21.1 Å². The number of likely N-dealkylation sites (tertiary alicyclic amines) is 1. The molecule has 1 aliphatic heterocycles. The van der Waals surface area contributed by atoms with Crippen molar-refractivity contribution >= 4 is 28.1 Å². The van der Waals surface area contributed by atoms with E-state index in [1.54, 1.807) is 12.4 Å². The molecule has 0 aliphatic carbocycles. The van der Waals surface area contributed by atoms with Gasteiger partial charge in [0.2, 0.25) is 0 Å². The molecule has 1 fully saturated rings. The fraction of sp³-hybridized carbons (Fsp3) is 0.304. The summed E-state index contributed by atoms with van der Waals surface area (Å²) in [5, 5.41) is 9.41. The van der Waals surface area contributed by atoms with Crippen LogP contribution in [0.4, 0.5) is 0 Å². The highest BCUT2D eigenvalue weighted by Crippen LogP contribution is 2.38. The number of amides is 1. The van der Waals surface area contributed by atoms with Gasteiger partial charge < -0.3 is 9.80 Å². The van der Waals surface area contributed by atoms with Crippen LogP contribution >= 0.6 is 11.3 Å². The number of para-hydroxylation sites is 1.